The summed E-state index contributed by atoms with van der Waals surface area (Å²) in [5.41, 5.74) is 11.8. The number of aromatic nitrogens is 5. The van der Waals surface area contributed by atoms with Gasteiger partial charge in [0, 0.05) is 61.4 Å². The highest BCUT2D eigenvalue weighted by molar-refractivity contribution is 5.91. The van der Waals surface area contributed by atoms with Crippen LogP contribution in [0.25, 0.3) is 27.7 Å². The molecule has 8 heteroatoms. The summed E-state index contributed by atoms with van der Waals surface area (Å²) in [6.45, 7) is 2.66. The zero-order valence-corrected chi connectivity index (χ0v) is 19.3. The molecule has 0 saturated carbocycles. The van der Waals surface area contributed by atoms with E-state index in [-0.39, 0.29) is 5.69 Å². The maximum Gasteiger partial charge on any atom is 0.269 e. The number of benzene rings is 2. The third-order valence-electron chi connectivity index (χ3n) is 5.82. The van der Waals surface area contributed by atoms with Crippen molar-refractivity contribution in [3.8, 4) is 16.8 Å². The minimum atomic E-state index is -0.529. The summed E-state index contributed by atoms with van der Waals surface area (Å²) in [6, 6.07) is 18.4. The van der Waals surface area contributed by atoms with Gasteiger partial charge < -0.3 is 15.2 Å². The van der Waals surface area contributed by atoms with Crippen LogP contribution in [0.4, 0.5) is 5.95 Å². The Morgan fingerprint density at radius 2 is 1.71 bits per heavy atom. The highest BCUT2D eigenvalue weighted by Gasteiger charge is 2.12. The van der Waals surface area contributed by atoms with Crippen LogP contribution >= 0.6 is 0 Å². The van der Waals surface area contributed by atoms with Gasteiger partial charge in [-0.25, -0.2) is 14.6 Å². The van der Waals surface area contributed by atoms with Gasteiger partial charge in [0.25, 0.3) is 5.91 Å². The van der Waals surface area contributed by atoms with E-state index < -0.39 is 5.91 Å². The first-order valence-electron chi connectivity index (χ1n) is 10.9. The molecular formula is C26H25N7O. The molecule has 2 aromatic carbocycles. The number of aryl methyl sites for hydroxylation is 1. The van der Waals surface area contributed by atoms with E-state index in [1.54, 1.807) is 10.7 Å². The van der Waals surface area contributed by atoms with E-state index >= 15 is 0 Å². The Hall–Kier alpha value is -4.46. The Labute approximate surface area is 197 Å². The van der Waals surface area contributed by atoms with Crippen molar-refractivity contribution in [2.45, 2.75) is 13.5 Å². The van der Waals surface area contributed by atoms with Crippen LogP contribution in [0.5, 0.6) is 0 Å². The van der Waals surface area contributed by atoms with Gasteiger partial charge in [-0.3, -0.25) is 4.79 Å². The fourth-order valence-corrected chi connectivity index (χ4v) is 4.01. The van der Waals surface area contributed by atoms with Crippen LogP contribution in [0.2, 0.25) is 0 Å². The van der Waals surface area contributed by atoms with Gasteiger partial charge in [0.1, 0.15) is 0 Å². The summed E-state index contributed by atoms with van der Waals surface area (Å²) in [7, 11) is 3.85. The van der Waals surface area contributed by atoms with E-state index in [4.69, 9.17) is 5.73 Å². The molecule has 1 amide bonds. The highest BCUT2D eigenvalue weighted by atomic mass is 16.1. The zero-order chi connectivity index (χ0) is 23.8. The number of primary amides is 1. The zero-order valence-electron chi connectivity index (χ0n) is 19.3. The molecule has 0 saturated heterocycles. The normalized spacial score (nSPS) is 11.1. The molecule has 0 aliphatic rings. The highest BCUT2D eigenvalue weighted by Crippen LogP contribution is 2.24. The lowest BCUT2D eigenvalue weighted by Crippen LogP contribution is -2.12. The molecule has 170 valence electrons. The summed E-state index contributed by atoms with van der Waals surface area (Å²) >= 11 is 0. The molecular weight excluding hydrogens is 426 g/mol. The average Bonchev–Trinajstić information content (AvgIpc) is 3.43. The topological polar surface area (TPSA) is 94.9 Å². The number of amides is 1. The monoisotopic (exact) mass is 451 g/mol. The van der Waals surface area contributed by atoms with E-state index in [1.165, 1.54) is 5.56 Å². The summed E-state index contributed by atoms with van der Waals surface area (Å²) < 4.78 is 3.96. The maximum absolute atomic E-state index is 11.5. The average molecular weight is 452 g/mol. The molecule has 8 nitrogen and oxygen atoms in total. The molecule has 2 N–H and O–H groups in total. The first-order valence-corrected chi connectivity index (χ1v) is 10.9. The third kappa shape index (κ3) is 4.01. The fourth-order valence-electron chi connectivity index (χ4n) is 4.01. The smallest absolute Gasteiger partial charge is 0.269 e. The van der Waals surface area contributed by atoms with Gasteiger partial charge >= 0.3 is 0 Å². The molecule has 5 aromatic rings. The van der Waals surface area contributed by atoms with Crippen LogP contribution in [0, 0.1) is 6.92 Å². The van der Waals surface area contributed by atoms with Gasteiger partial charge in [0.2, 0.25) is 5.95 Å². The van der Waals surface area contributed by atoms with Gasteiger partial charge in [-0.05, 0) is 48.4 Å². The van der Waals surface area contributed by atoms with E-state index in [0.29, 0.717) is 5.95 Å². The number of carbonyl (C=O) groups is 1. The minimum absolute atomic E-state index is 0.263. The second kappa shape index (κ2) is 8.47. The maximum atomic E-state index is 11.5. The Balaban J connectivity index is 1.36. The standard InChI is InChI=1S/C26H25N7O/c1-17-12-23(25(27)34)30-33(17)22-8-9-24-20(13-22)10-11-32(24)16-18-4-6-19(7-5-18)21-14-28-26(29-15-21)31(2)3/h4-15H,16H2,1-3H3,(H2,27,34). The molecule has 3 aromatic heterocycles. The lowest BCUT2D eigenvalue weighted by atomic mass is 10.1. The Morgan fingerprint density at radius 3 is 2.35 bits per heavy atom. The number of hydrogen-bond acceptors (Lipinski definition) is 5. The lowest BCUT2D eigenvalue weighted by Gasteiger charge is -2.10. The first-order chi connectivity index (χ1) is 16.4. The molecule has 0 fully saturated rings. The molecule has 0 bridgehead atoms. The molecule has 0 aliphatic heterocycles. The molecule has 34 heavy (non-hydrogen) atoms. The quantitative estimate of drug-likeness (QED) is 0.424. The van der Waals surface area contributed by atoms with Crippen molar-refractivity contribution < 1.29 is 4.79 Å². The van der Waals surface area contributed by atoms with Gasteiger partial charge in [-0.2, -0.15) is 5.10 Å². The van der Waals surface area contributed by atoms with E-state index in [2.05, 4.69) is 68.3 Å². The third-order valence-corrected chi connectivity index (χ3v) is 5.82. The van der Waals surface area contributed by atoms with Crippen LogP contribution in [0.15, 0.2) is 73.2 Å². The number of nitrogens with two attached hydrogens (primary N) is 1. The summed E-state index contributed by atoms with van der Waals surface area (Å²) in [6.07, 6.45) is 5.78. The predicted molar refractivity (Wildman–Crippen MR) is 133 cm³/mol. The molecule has 0 spiro atoms. The number of rotatable bonds is 6. The summed E-state index contributed by atoms with van der Waals surface area (Å²) in [5.74, 6) is 0.164. The number of carbonyl (C=O) groups excluding carboxylic acids is 1. The van der Waals surface area contributed by atoms with E-state index in [0.717, 1.165) is 40.0 Å². The van der Waals surface area contributed by atoms with Crippen molar-refractivity contribution in [3.05, 3.63) is 90.1 Å². The van der Waals surface area contributed by atoms with Gasteiger partial charge in [0.15, 0.2) is 5.69 Å². The fraction of sp³-hybridized carbons (Fsp3) is 0.154. The van der Waals surface area contributed by atoms with E-state index in [1.807, 2.05) is 44.4 Å². The summed E-state index contributed by atoms with van der Waals surface area (Å²) in [4.78, 5) is 22.1. The van der Waals surface area contributed by atoms with E-state index in [9.17, 15) is 4.79 Å². The SMILES string of the molecule is Cc1cc(C(N)=O)nn1-c1ccc2c(ccn2Cc2ccc(-c3cnc(N(C)C)nc3)cc2)c1. The summed E-state index contributed by atoms with van der Waals surface area (Å²) in [5, 5.41) is 5.43. The van der Waals surface area contributed by atoms with Gasteiger partial charge in [-0.15, -0.1) is 0 Å². The molecule has 0 aliphatic carbocycles. The molecule has 0 unspecified atom stereocenters. The van der Waals surface area contributed by atoms with Crippen LogP contribution in [-0.2, 0) is 6.54 Å². The molecule has 3 heterocycles. The number of nitrogens with zero attached hydrogens (tertiary/aromatic N) is 6. The van der Waals surface area contributed by atoms with Crippen molar-refractivity contribution in [2.24, 2.45) is 5.73 Å². The molecule has 0 atom stereocenters. The van der Waals surface area contributed by atoms with Crippen LogP contribution in [-0.4, -0.2) is 44.3 Å². The Bertz CT molecular complexity index is 1480. The number of anilines is 1. The second-order valence-corrected chi connectivity index (χ2v) is 8.50. The minimum Gasteiger partial charge on any atom is -0.364 e. The van der Waals surface area contributed by atoms with Crippen molar-refractivity contribution in [1.29, 1.82) is 0 Å². The largest absolute Gasteiger partial charge is 0.364 e. The number of hydrogen-bond donors (Lipinski definition) is 1. The first kappa shape index (κ1) is 21.4. The Morgan fingerprint density at radius 1 is 0.971 bits per heavy atom. The predicted octanol–water partition coefficient (Wildman–Crippen LogP) is 3.81. The van der Waals surface area contributed by atoms with Crippen molar-refractivity contribution in [2.75, 3.05) is 19.0 Å². The molecule has 0 radical (unpaired) electrons. The van der Waals surface area contributed by atoms with Gasteiger partial charge in [0.05, 0.1) is 5.69 Å². The van der Waals surface area contributed by atoms with Gasteiger partial charge in [-0.1, -0.05) is 24.3 Å². The van der Waals surface area contributed by atoms with Crippen LogP contribution < -0.4 is 10.6 Å². The number of fused-ring (bicyclic) bond motifs is 1. The lowest BCUT2D eigenvalue weighted by molar-refractivity contribution is 0.0995. The van der Waals surface area contributed by atoms with Crippen molar-refractivity contribution in [3.63, 3.8) is 0 Å². The van der Waals surface area contributed by atoms with Crippen molar-refractivity contribution in [1.82, 2.24) is 24.3 Å². The Kier molecular flexibility index (Phi) is 5.33. The second-order valence-electron chi connectivity index (χ2n) is 8.50. The van der Waals surface area contributed by atoms with Crippen LogP contribution in [0.1, 0.15) is 21.7 Å². The van der Waals surface area contributed by atoms with Crippen molar-refractivity contribution >= 4 is 22.8 Å². The van der Waals surface area contributed by atoms with Crippen LogP contribution in [0.3, 0.4) is 0 Å². The molecule has 5 rings (SSSR count).